The average molecular weight is 502 g/mol. The van der Waals surface area contributed by atoms with Crippen molar-refractivity contribution in [1.82, 2.24) is 4.57 Å². The molecule has 190 valence electrons. The van der Waals surface area contributed by atoms with Gasteiger partial charge in [0, 0.05) is 11.1 Å². The quantitative estimate of drug-likeness (QED) is 0.168. The molecule has 0 spiro atoms. The van der Waals surface area contributed by atoms with Gasteiger partial charge < -0.3 is 23.5 Å². The van der Waals surface area contributed by atoms with Crippen molar-refractivity contribution in [2.45, 2.75) is 20.6 Å². The molecule has 0 aliphatic carbocycles. The van der Waals surface area contributed by atoms with Gasteiger partial charge in [-0.2, -0.15) is 0 Å². The molecule has 3 aromatic carbocycles. The summed E-state index contributed by atoms with van der Waals surface area (Å²) in [6, 6.07) is 22.4. The summed E-state index contributed by atoms with van der Waals surface area (Å²) >= 11 is 0. The first-order valence-corrected chi connectivity index (χ1v) is 11.9. The average Bonchev–Trinajstić information content (AvgIpc) is 3.19. The van der Waals surface area contributed by atoms with Gasteiger partial charge in [0.15, 0.2) is 0 Å². The first-order chi connectivity index (χ1) is 18.0. The molecule has 1 aromatic heterocycles. The predicted octanol–water partition coefficient (Wildman–Crippen LogP) is 5.18. The van der Waals surface area contributed by atoms with Crippen molar-refractivity contribution >= 4 is 28.8 Å². The Morgan fingerprint density at radius 1 is 0.757 bits per heavy atom. The molecule has 0 saturated heterocycles. The molecule has 0 fully saturated rings. The van der Waals surface area contributed by atoms with Crippen LogP contribution in [0.1, 0.15) is 43.7 Å². The van der Waals surface area contributed by atoms with Crippen molar-refractivity contribution in [2.24, 2.45) is 0 Å². The summed E-state index contributed by atoms with van der Waals surface area (Å²) in [7, 11) is 0. The highest BCUT2D eigenvalue weighted by atomic mass is 16.6. The summed E-state index contributed by atoms with van der Waals surface area (Å²) in [6.07, 6.45) is 0. The normalized spacial score (nSPS) is 10.8. The van der Waals surface area contributed by atoms with E-state index in [4.69, 9.17) is 18.9 Å². The summed E-state index contributed by atoms with van der Waals surface area (Å²) in [5, 5.41) is 0.577. The zero-order chi connectivity index (χ0) is 26.2. The van der Waals surface area contributed by atoms with Crippen LogP contribution >= 0.6 is 0 Å². The molecule has 4 rings (SSSR count). The van der Waals surface area contributed by atoms with E-state index in [9.17, 15) is 14.4 Å². The Balaban J connectivity index is 1.49. The summed E-state index contributed by atoms with van der Waals surface area (Å²) in [4.78, 5) is 37.4. The lowest BCUT2D eigenvalue weighted by molar-refractivity contribution is 0.0178. The molecule has 37 heavy (non-hydrogen) atoms. The van der Waals surface area contributed by atoms with Gasteiger partial charge in [-0.15, -0.1) is 0 Å². The molecule has 0 saturated carbocycles. The van der Waals surface area contributed by atoms with Crippen LogP contribution in [0, 0.1) is 6.92 Å². The second-order valence-electron chi connectivity index (χ2n) is 8.08. The van der Waals surface area contributed by atoms with Crippen LogP contribution in [0.15, 0.2) is 78.9 Å². The van der Waals surface area contributed by atoms with Crippen LogP contribution in [0.4, 0.5) is 0 Å². The number of carbonyl (C=O) groups excluding carboxylic acids is 3. The maximum Gasteiger partial charge on any atom is 0.343 e. The smallest absolute Gasteiger partial charge is 0.343 e. The minimum Gasteiger partial charge on any atom is -0.462 e. The van der Waals surface area contributed by atoms with E-state index in [1.807, 2.05) is 16.7 Å². The third-order valence-electron chi connectivity index (χ3n) is 5.69. The Bertz CT molecular complexity index is 1390. The van der Waals surface area contributed by atoms with Gasteiger partial charge in [0.25, 0.3) is 0 Å². The molecule has 0 radical (unpaired) electrons. The van der Waals surface area contributed by atoms with Gasteiger partial charge in [0.1, 0.15) is 19.1 Å². The van der Waals surface area contributed by atoms with Crippen molar-refractivity contribution in [3.63, 3.8) is 0 Å². The summed E-state index contributed by atoms with van der Waals surface area (Å²) < 4.78 is 23.6. The lowest BCUT2D eigenvalue weighted by atomic mass is 10.1. The Kier molecular flexibility index (Phi) is 8.33. The molecule has 0 amide bonds. The molecule has 0 unspecified atom stereocenters. The van der Waals surface area contributed by atoms with Gasteiger partial charge in [-0.25, -0.2) is 14.4 Å². The van der Waals surface area contributed by atoms with Crippen molar-refractivity contribution in [3.8, 4) is 5.75 Å². The highest BCUT2D eigenvalue weighted by molar-refractivity contribution is 6.06. The van der Waals surface area contributed by atoms with Gasteiger partial charge in [-0.3, -0.25) is 0 Å². The molecule has 8 heteroatoms. The van der Waals surface area contributed by atoms with Gasteiger partial charge in [0.05, 0.1) is 35.4 Å². The summed E-state index contributed by atoms with van der Waals surface area (Å²) in [5.74, 6) is -1.10. The lowest BCUT2D eigenvalue weighted by Gasteiger charge is -2.11. The SMILES string of the molecule is CCOC(=O)c1c(C)n(COCCOC(=O)c2ccccc2)c2ccc(OC(=O)c3ccccc3)cc12. The Hall–Kier alpha value is -4.43. The number of nitrogens with zero attached hydrogens (tertiary/aromatic N) is 1. The molecule has 0 N–H and O–H groups in total. The number of aromatic nitrogens is 1. The van der Waals surface area contributed by atoms with Gasteiger partial charge >= 0.3 is 17.9 Å². The van der Waals surface area contributed by atoms with Crippen LogP contribution in [0.25, 0.3) is 10.9 Å². The van der Waals surface area contributed by atoms with Crippen LogP contribution in [0.5, 0.6) is 5.75 Å². The number of hydrogen-bond donors (Lipinski definition) is 0. The highest BCUT2D eigenvalue weighted by Gasteiger charge is 2.22. The van der Waals surface area contributed by atoms with E-state index in [-0.39, 0.29) is 26.6 Å². The van der Waals surface area contributed by atoms with Gasteiger partial charge in [0.2, 0.25) is 0 Å². The fourth-order valence-electron chi connectivity index (χ4n) is 3.90. The minimum absolute atomic E-state index is 0.0797. The third-order valence-corrected chi connectivity index (χ3v) is 5.69. The van der Waals surface area contributed by atoms with Crippen LogP contribution in [-0.4, -0.2) is 42.3 Å². The van der Waals surface area contributed by atoms with E-state index >= 15 is 0 Å². The fraction of sp³-hybridized carbons (Fsp3) is 0.207. The summed E-state index contributed by atoms with van der Waals surface area (Å²) in [6.45, 7) is 4.11. The Labute approximate surface area is 214 Å². The molecular weight excluding hydrogens is 474 g/mol. The Morgan fingerprint density at radius 3 is 2.05 bits per heavy atom. The number of carbonyl (C=O) groups is 3. The van der Waals surface area contributed by atoms with Crippen LogP contribution in [-0.2, 0) is 20.9 Å². The van der Waals surface area contributed by atoms with E-state index in [0.29, 0.717) is 39.0 Å². The standard InChI is InChI=1S/C29H27NO7/c1-3-35-29(33)26-20(2)30(19-34-16-17-36-27(31)21-10-6-4-7-11-21)25-15-14-23(18-24(25)26)37-28(32)22-12-8-5-9-13-22/h4-15,18H,3,16-17,19H2,1-2H3. The number of hydrogen-bond acceptors (Lipinski definition) is 7. The first-order valence-electron chi connectivity index (χ1n) is 11.9. The maximum absolute atomic E-state index is 12.8. The number of fused-ring (bicyclic) bond motifs is 1. The minimum atomic E-state index is -0.498. The molecule has 0 atom stereocenters. The molecular formula is C29H27NO7. The van der Waals surface area contributed by atoms with E-state index in [0.717, 1.165) is 0 Å². The van der Waals surface area contributed by atoms with Gasteiger partial charge in [-0.05, 0) is 56.3 Å². The van der Waals surface area contributed by atoms with Crippen LogP contribution in [0.3, 0.4) is 0 Å². The maximum atomic E-state index is 12.8. The number of ether oxygens (including phenoxy) is 4. The van der Waals surface area contributed by atoms with Crippen molar-refractivity contribution in [1.29, 1.82) is 0 Å². The van der Waals surface area contributed by atoms with Gasteiger partial charge in [-0.1, -0.05) is 36.4 Å². The van der Waals surface area contributed by atoms with E-state index < -0.39 is 17.9 Å². The molecule has 8 nitrogen and oxygen atoms in total. The largest absolute Gasteiger partial charge is 0.462 e. The van der Waals surface area contributed by atoms with Crippen LogP contribution < -0.4 is 4.74 Å². The lowest BCUT2D eigenvalue weighted by Crippen LogP contribution is -2.13. The van der Waals surface area contributed by atoms with E-state index in [2.05, 4.69) is 0 Å². The highest BCUT2D eigenvalue weighted by Crippen LogP contribution is 2.30. The fourth-order valence-corrected chi connectivity index (χ4v) is 3.90. The zero-order valence-corrected chi connectivity index (χ0v) is 20.6. The van der Waals surface area contributed by atoms with Crippen molar-refractivity contribution in [3.05, 3.63) is 101 Å². The molecule has 4 aromatic rings. The third kappa shape index (κ3) is 6.05. The van der Waals surface area contributed by atoms with Crippen molar-refractivity contribution < 1.29 is 33.3 Å². The monoisotopic (exact) mass is 501 g/mol. The van der Waals surface area contributed by atoms with Crippen LogP contribution in [0.2, 0.25) is 0 Å². The molecule has 0 bridgehead atoms. The molecule has 0 aliphatic heterocycles. The van der Waals surface area contributed by atoms with Crippen molar-refractivity contribution in [2.75, 3.05) is 19.8 Å². The second-order valence-corrected chi connectivity index (χ2v) is 8.08. The number of esters is 3. The first kappa shape index (κ1) is 25.7. The predicted molar refractivity (Wildman–Crippen MR) is 137 cm³/mol. The number of rotatable bonds is 10. The number of benzene rings is 3. The summed E-state index contributed by atoms with van der Waals surface area (Å²) in [5.41, 5.74) is 2.61. The topological polar surface area (TPSA) is 93.1 Å². The van der Waals surface area contributed by atoms with E-state index in [1.165, 1.54) is 0 Å². The zero-order valence-electron chi connectivity index (χ0n) is 20.6. The van der Waals surface area contributed by atoms with E-state index in [1.54, 1.807) is 80.6 Å². The Morgan fingerprint density at radius 2 is 1.41 bits per heavy atom. The molecule has 0 aliphatic rings. The second kappa shape index (κ2) is 12.0. The molecule has 1 heterocycles.